The number of nitrogens with zero attached hydrogens (tertiary/aromatic N) is 2. The molecule has 3 nitrogen and oxygen atoms in total. The number of hydrogen-bond donors (Lipinski definition) is 0. The highest BCUT2D eigenvalue weighted by molar-refractivity contribution is 5.76. The lowest BCUT2D eigenvalue weighted by molar-refractivity contribution is 0.112. The Labute approximate surface area is 77.7 Å². The molecule has 1 saturated carbocycles. The zero-order valence-corrected chi connectivity index (χ0v) is 7.86. The molecule has 1 aliphatic rings. The van der Waals surface area contributed by atoms with Crippen LogP contribution in [-0.4, -0.2) is 16.1 Å². The molecule has 0 radical (unpaired) electrons. The van der Waals surface area contributed by atoms with E-state index in [0.29, 0.717) is 5.92 Å². The molecule has 0 atom stereocenters. The molecule has 0 aromatic carbocycles. The molecule has 3 heteroatoms. The highest BCUT2D eigenvalue weighted by Gasteiger charge is 2.25. The van der Waals surface area contributed by atoms with Crippen molar-refractivity contribution in [3.8, 4) is 0 Å². The average Bonchev–Trinajstić information content (AvgIpc) is 2.45. The van der Waals surface area contributed by atoms with Gasteiger partial charge in [-0.1, -0.05) is 6.42 Å². The SMILES string of the molecule is CCn1ncc(C=O)c1C1CCC1. The van der Waals surface area contributed by atoms with E-state index in [1.807, 2.05) is 4.68 Å². The highest BCUT2D eigenvalue weighted by Crippen LogP contribution is 2.37. The second kappa shape index (κ2) is 3.32. The third-order valence-corrected chi connectivity index (χ3v) is 2.83. The number of rotatable bonds is 3. The maximum atomic E-state index is 10.7. The highest BCUT2D eigenvalue weighted by atomic mass is 16.1. The van der Waals surface area contributed by atoms with Gasteiger partial charge in [0.1, 0.15) is 0 Å². The van der Waals surface area contributed by atoms with E-state index in [1.165, 1.54) is 19.3 Å². The lowest BCUT2D eigenvalue weighted by Gasteiger charge is -2.26. The summed E-state index contributed by atoms with van der Waals surface area (Å²) >= 11 is 0. The smallest absolute Gasteiger partial charge is 0.153 e. The van der Waals surface area contributed by atoms with E-state index in [4.69, 9.17) is 0 Å². The van der Waals surface area contributed by atoms with Crippen LogP contribution in [-0.2, 0) is 6.54 Å². The normalized spacial score (nSPS) is 17.0. The van der Waals surface area contributed by atoms with Crippen molar-refractivity contribution >= 4 is 6.29 Å². The molecule has 0 unspecified atom stereocenters. The Kier molecular flexibility index (Phi) is 2.17. The number of hydrogen-bond acceptors (Lipinski definition) is 2. The average molecular weight is 178 g/mol. The molecule has 0 spiro atoms. The molecule has 1 aromatic rings. The summed E-state index contributed by atoms with van der Waals surface area (Å²) in [6.45, 7) is 2.92. The minimum atomic E-state index is 0.586. The molecular weight excluding hydrogens is 164 g/mol. The Balaban J connectivity index is 2.36. The van der Waals surface area contributed by atoms with Crippen LogP contribution in [0.15, 0.2) is 6.20 Å². The van der Waals surface area contributed by atoms with Gasteiger partial charge in [0.15, 0.2) is 6.29 Å². The van der Waals surface area contributed by atoms with Crippen LogP contribution in [0.4, 0.5) is 0 Å². The molecule has 1 aromatic heterocycles. The zero-order chi connectivity index (χ0) is 9.26. The van der Waals surface area contributed by atoms with Gasteiger partial charge in [0, 0.05) is 12.5 Å². The Hall–Kier alpha value is -1.12. The van der Waals surface area contributed by atoms with Crippen LogP contribution in [0.3, 0.4) is 0 Å². The van der Waals surface area contributed by atoms with Crippen molar-refractivity contribution in [1.29, 1.82) is 0 Å². The minimum Gasteiger partial charge on any atom is -0.298 e. The number of aryl methyl sites for hydroxylation is 1. The number of aromatic nitrogens is 2. The third-order valence-electron chi connectivity index (χ3n) is 2.83. The van der Waals surface area contributed by atoms with Gasteiger partial charge in [0.05, 0.1) is 17.5 Å². The first-order valence-corrected chi connectivity index (χ1v) is 4.87. The first kappa shape index (κ1) is 8.48. The summed E-state index contributed by atoms with van der Waals surface area (Å²) in [5.74, 6) is 0.586. The van der Waals surface area contributed by atoms with Gasteiger partial charge in [-0.25, -0.2) is 0 Å². The Morgan fingerprint density at radius 1 is 1.69 bits per heavy atom. The number of aldehydes is 1. The molecule has 1 fully saturated rings. The van der Waals surface area contributed by atoms with E-state index >= 15 is 0 Å². The predicted molar refractivity (Wildman–Crippen MR) is 49.9 cm³/mol. The molecule has 0 amide bonds. The molecule has 2 rings (SSSR count). The Bertz CT molecular complexity index is 313. The van der Waals surface area contributed by atoms with Crippen LogP contribution in [0.5, 0.6) is 0 Å². The van der Waals surface area contributed by atoms with Crippen LogP contribution in [0.25, 0.3) is 0 Å². The van der Waals surface area contributed by atoms with E-state index in [9.17, 15) is 4.79 Å². The van der Waals surface area contributed by atoms with Crippen molar-refractivity contribution in [3.05, 3.63) is 17.5 Å². The lowest BCUT2D eigenvalue weighted by Crippen LogP contribution is -2.16. The molecule has 70 valence electrons. The fourth-order valence-corrected chi connectivity index (χ4v) is 1.88. The number of carbonyl (C=O) groups excluding carboxylic acids is 1. The fourth-order valence-electron chi connectivity index (χ4n) is 1.88. The van der Waals surface area contributed by atoms with Crippen molar-refractivity contribution in [3.63, 3.8) is 0 Å². The van der Waals surface area contributed by atoms with Crippen LogP contribution in [0, 0.1) is 0 Å². The number of carbonyl (C=O) groups is 1. The van der Waals surface area contributed by atoms with E-state index in [-0.39, 0.29) is 0 Å². The van der Waals surface area contributed by atoms with Crippen molar-refractivity contribution in [1.82, 2.24) is 9.78 Å². The van der Waals surface area contributed by atoms with E-state index in [1.54, 1.807) is 6.20 Å². The van der Waals surface area contributed by atoms with Crippen LogP contribution < -0.4 is 0 Å². The van der Waals surface area contributed by atoms with E-state index in [0.717, 1.165) is 24.1 Å². The van der Waals surface area contributed by atoms with Gasteiger partial charge in [0.2, 0.25) is 0 Å². The maximum absolute atomic E-state index is 10.7. The van der Waals surface area contributed by atoms with Gasteiger partial charge in [-0.2, -0.15) is 5.10 Å². The van der Waals surface area contributed by atoms with Gasteiger partial charge < -0.3 is 0 Å². The molecule has 0 saturated heterocycles. The summed E-state index contributed by atoms with van der Waals surface area (Å²) in [4.78, 5) is 10.7. The predicted octanol–water partition coefficient (Wildman–Crippen LogP) is 1.98. The maximum Gasteiger partial charge on any atom is 0.153 e. The molecule has 1 heterocycles. The minimum absolute atomic E-state index is 0.586. The van der Waals surface area contributed by atoms with Gasteiger partial charge >= 0.3 is 0 Å². The first-order valence-electron chi connectivity index (χ1n) is 4.87. The fraction of sp³-hybridized carbons (Fsp3) is 0.600. The van der Waals surface area contributed by atoms with Crippen molar-refractivity contribution < 1.29 is 4.79 Å². The van der Waals surface area contributed by atoms with E-state index < -0.39 is 0 Å². The van der Waals surface area contributed by atoms with Crippen LogP contribution in [0.1, 0.15) is 48.2 Å². The van der Waals surface area contributed by atoms with Crippen molar-refractivity contribution in [2.24, 2.45) is 0 Å². The first-order chi connectivity index (χ1) is 6.36. The molecule has 0 bridgehead atoms. The summed E-state index contributed by atoms with van der Waals surface area (Å²) in [6, 6.07) is 0. The van der Waals surface area contributed by atoms with Crippen molar-refractivity contribution in [2.75, 3.05) is 0 Å². The molecule has 13 heavy (non-hydrogen) atoms. The zero-order valence-electron chi connectivity index (χ0n) is 7.86. The van der Waals surface area contributed by atoms with Crippen molar-refractivity contribution in [2.45, 2.75) is 38.6 Å². The van der Waals surface area contributed by atoms with Gasteiger partial charge in [0.25, 0.3) is 0 Å². The van der Waals surface area contributed by atoms with Crippen LogP contribution in [0.2, 0.25) is 0 Å². The summed E-state index contributed by atoms with van der Waals surface area (Å²) < 4.78 is 1.95. The lowest BCUT2D eigenvalue weighted by atomic mass is 9.81. The summed E-state index contributed by atoms with van der Waals surface area (Å²) in [5, 5.41) is 4.19. The third kappa shape index (κ3) is 1.28. The van der Waals surface area contributed by atoms with Gasteiger partial charge in [-0.3, -0.25) is 9.48 Å². The monoisotopic (exact) mass is 178 g/mol. The van der Waals surface area contributed by atoms with Crippen LogP contribution >= 0.6 is 0 Å². The Morgan fingerprint density at radius 2 is 2.46 bits per heavy atom. The molecule has 0 aliphatic heterocycles. The molecular formula is C10H14N2O. The Morgan fingerprint density at radius 3 is 2.92 bits per heavy atom. The largest absolute Gasteiger partial charge is 0.298 e. The second-order valence-electron chi connectivity index (χ2n) is 3.55. The van der Waals surface area contributed by atoms with Gasteiger partial charge in [-0.05, 0) is 19.8 Å². The second-order valence-corrected chi connectivity index (χ2v) is 3.55. The van der Waals surface area contributed by atoms with Gasteiger partial charge in [-0.15, -0.1) is 0 Å². The molecule has 1 aliphatic carbocycles. The standard InChI is InChI=1S/C10H14N2O/c1-2-12-10(8-4-3-5-8)9(7-13)6-11-12/h6-8H,2-5H2,1H3. The quantitative estimate of drug-likeness (QED) is 0.663. The molecule has 0 N–H and O–H groups in total. The summed E-state index contributed by atoms with van der Waals surface area (Å²) in [7, 11) is 0. The topological polar surface area (TPSA) is 34.9 Å². The summed E-state index contributed by atoms with van der Waals surface area (Å²) in [5.41, 5.74) is 1.94. The summed E-state index contributed by atoms with van der Waals surface area (Å²) in [6.07, 6.45) is 6.33. The van der Waals surface area contributed by atoms with E-state index in [2.05, 4.69) is 12.0 Å².